The van der Waals surface area contributed by atoms with Gasteiger partial charge in [0.25, 0.3) is 0 Å². The van der Waals surface area contributed by atoms with Crippen LogP contribution in [-0.2, 0) is 6.54 Å². The van der Waals surface area contributed by atoms with E-state index in [1.807, 2.05) is 37.2 Å². The molecule has 0 aliphatic heterocycles. The highest BCUT2D eigenvalue weighted by Gasteiger charge is 2.16. The maximum absolute atomic E-state index is 13.6. The Morgan fingerprint density at radius 1 is 1.03 bits per heavy atom. The second kappa shape index (κ2) is 13.2. The lowest BCUT2D eigenvalue weighted by Crippen LogP contribution is -2.41. The smallest absolute Gasteiger partial charge is 0.203 e. The van der Waals surface area contributed by atoms with E-state index in [1.165, 1.54) is 6.07 Å². The molecule has 0 saturated carbocycles. The largest absolute Gasteiger partial charge is 0.493 e. The van der Waals surface area contributed by atoms with Gasteiger partial charge in [-0.3, -0.25) is 4.99 Å². The van der Waals surface area contributed by atoms with Gasteiger partial charge in [0.1, 0.15) is 5.82 Å². The Morgan fingerprint density at radius 3 is 2.16 bits per heavy atom. The fraction of sp³-hybridized carbons (Fsp3) is 0.409. The molecule has 172 valence electrons. The Hall–Kier alpha value is -2.27. The summed E-state index contributed by atoms with van der Waals surface area (Å²) < 4.78 is 29.8. The third-order valence-electron chi connectivity index (χ3n) is 4.73. The molecule has 2 aromatic rings. The standard InChI is InChI=1S/C22H31FN4O3.HI/c1-24-22(26-14-18(27(2)3)16-8-7-9-17(23)12-16)25-13-15-10-19(28-4)21(30-6)20(11-15)29-5;/h7-12,18H,13-14H2,1-6H3,(H2,24,25,26);1H. The summed E-state index contributed by atoms with van der Waals surface area (Å²) in [5.74, 6) is 2.12. The predicted molar refractivity (Wildman–Crippen MR) is 133 cm³/mol. The minimum absolute atomic E-state index is 0. The average Bonchev–Trinajstić information content (AvgIpc) is 2.74. The lowest BCUT2D eigenvalue weighted by atomic mass is 10.1. The first-order chi connectivity index (χ1) is 14.4. The number of ether oxygens (including phenoxy) is 3. The zero-order chi connectivity index (χ0) is 22.1. The van der Waals surface area contributed by atoms with Crippen molar-refractivity contribution in [2.24, 2.45) is 4.99 Å². The number of likely N-dealkylation sites (N-methyl/N-ethyl adjacent to an activating group) is 1. The molecule has 0 amide bonds. The molecule has 1 unspecified atom stereocenters. The van der Waals surface area contributed by atoms with Crippen LogP contribution < -0.4 is 24.8 Å². The number of methoxy groups -OCH3 is 3. The van der Waals surface area contributed by atoms with E-state index in [4.69, 9.17) is 14.2 Å². The molecule has 9 heteroatoms. The maximum atomic E-state index is 13.6. The summed E-state index contributed by atoms with van der Waals surface area (Å²) in [5.41, 5.74) is 1.84. The third-order valence-corrected chi connectivity index (χ3v) is 4.73. The first-order valence-corrected chi connectivity index (χ1v) is 9.58. The zero-order valence-corrected chi connectivity index (χ0v) is 21.2. The van der Waals surface area contributed by atoms with Gasteiger partial charge in [0.05, 0.1) is 27.4 Å². The van der Waals surface area contributed by atoms with Crippen LogP contribution in [0.3, 0.4) is 0 Å². The van der Waals surface area contributed by atoms with E-state index in [9.17, 15) is 4.39 Å². The summed E-state index contributed by atoms with van der Waals surface area (Å²) in [5, 5.41) is 6.58. The predicted octanol–water partition coefficient (Wildman–Crippen LogP) is 3.44. The number of benzene rings is 2. The van der Waals surface area contributed by atoms with Crippen LogP contribution in [0.1, 0.15) is 17.2 Å². The summed E-state index contributed by atoms with van der Waals surface area (Å²) in [6.45, 7) is 1.06. The number of hydrogen-bond acceptors (Lipinski definition) is 5. The van der Waals surface area contributed by atoms with Gasteiger partial charge >= 0.3 is 0 Å². The Kier molecular flexibility index (Phi) is 11.4. The highest BCUT2D eigenvalue weighted by Crippen LogP contribution is 2.38. The lowest BCUT2D eigenvalue weighted by molar-refractivity contribution is 0.297. The van der Waals surface area contributed by atoms with Gasteiger partial charge in [0.2, 0.25) is 5.75 Å². The fourth-order valence-corrected chi connectivity index (χ4v) is 3.15. The molecule has 2 rings (SSSR count). The number of halogens is 2. The van der Waals surface area contributed by atoms with Crippen molar-refractivity contribution in [3.63, 3.8) is 0 Å². The van der Waals surface area contributed by atoms with Crippen LogP contribution in [0.25, 0.3) is 0 Å². The molecule has 0 bridgehead atoms. The topological polar surface area (TPSA) is 67.4 Å². The van der Waals surface area contributed by atoms with Gasteiger partial charge < -0.3 is 29.7 Å². The molecule has 0 fully saturated rings. The Balaban J connectivity index is 0.00000480. The highest BCUT2D eigenvalue weighted by molar-refractivity contribution is 14.0. The number of hydrogen-bond donors (Lipinski definition) is 2. The van der Waals surface area contributed by atoms with E-state index >= 15 is 0 Å². The lowest BCUT2D eigenvalue weighted by Gasteiger charge is -2.26. The summed E-state index contributed by atoms with van der Waals surface area (Å²) >= 11 is 0. The van der Waals surface area contributed by atoms with Crippen molar-refractivity contribution in [3.8, 4) is 17.2 Å². The summed E-state index contributed by atoms with van der Waals surface area (Å²) in [4.78, 5) is 6.32. The van der Waals surface area contributed by atoms with Crippen molar-refractivity contribution in [1.29, 1.82) is 0 Å². The molecular formula is C22H32FIN4O3. The molecule has 1 atom stereocenters. The monoisotopic (exact) mass is 546 g/mol. The van der Waals surface area contributed by atoms with Crippen LogP contribution in [0.5, 0.6) is 17.2 Å². The number of nitrogens with one attached hydrogen (secondary N) is 2. The quantitative estimate of drug-likeness (QED) is 0.286. The Labute approximate surface area is 201 Å². The minimum Gasteiger partial charge on any atom is -0.493 e. The molecule has 0 aliphatic carbocycles. The second-order valence-electron chi connectivity index (χ2n) is 6.87. The number of guanidine groups is 1. The zero-order valence-electron chi connectivity index (χ0n) is 18.9. The van der Waals surface area contributed by atoms with Crippen LogP contribution in [0.4, 0.5) is 4.39 Å². The van der Waals surface area contributed by atoms with Gasteiger partial charge in [0, 0.05) is 20.1 Å². The summed E-state index contributed by atoms with van der Waals surface area (Å²) in [6.07, 6.45) is 0. The van der Waals surface area contributed by atoms with E-state index in [-0.39, 0.29) is 35.8 Å². The van der Waals surface area contributed by atoms with Crippen molar-refractivity contribution in [2.75, 3.05) is 49.0 Å². The first-order valence-electron chi connectivity index (χ1n) is 9.58. The molecule has 0 saturated heterocycles. The van der Waals surface area contributed by atoms with Gasteiger partial charge in [-0.2, -0.15) is 0 Å². The van der Waals surface area contributed by atoms with Gasteiger partial charge in [-0.1, -0.05) is 12.1 Å². The average molecular weight is 546 g/mol. The Morgan fingerprint density at radius 2 is 1.68 bits per heavy atom. The first kappa shape index (κ1) is 26.8. The fourth-order valence-electron chi connectivity index (χ4n) is 3.15. The molecule has 0 heterocycles. The summed E-state index contributed by atoms with van der Waals surface area (Å²) in [6, 6.07) is 10.4. The van der Waals surface area contributed by atoms with Gasteiger partial charge in [-0.25, -0.2) is 4.39 Å². The second-order valence-corrected chi connectivity index (χ2v) is 6.87. The Bertz CT molecular complexity index is 839. The van der Waals surface area contributed by atoms with Crippen molar-refractivity contribution in [3.05, 3.63) is 53.3 Å². The molecule has 0 radical (unpaired) electrons. The van der Waals surface area contributed by atoms with Crippen LogP contribution >= 0.6 is 24.0 Å². The van der Waals surface area contributed by atoms with E-state index in [2.05, 4.69) is 15.6 Å². The van der Waals surface area contributed by atoms with Gasteiger partial charge in [-0.05, 0) is 49.5 Å². The summed E-state index contributed by atoms with van der Waals surface area (Å²) in [7, 11) is 10.4. The number of aliphatic imine (C=N–C) groups is 1. The molecule has 0 spiro atoms. The highest BCUT2D eigenvalue weighted by atomic mass is 127. The van der Waals surface area contributed by atoms with Crippen LogP contribution in [0.2, 0.25) is 0 Å². The maximum Gasteiger partial charge on any atom is 0.203 e. The van der Waals surface area contributed by atoms with Crippen LogP contribution in [0, 0.1) is 5.82 Å². The van der Waals surface area contributed by atoms with Crippen molar-refractivity contribution in [2.45, 2.75) is 12.6 Å². The number of rotatable bonds is 9. The molecule has 2 N–H and O–H groups in total. The molecule has 0 aliphatic rings. The van der Waals surface area contributed by atoms with E-state index in [0.717, 1.165) is 11.1 Å². The van der Waals surface area contributed by atoms with Gasteiger partial charge in [0.15, 0.2) is 17.5 Å². The molecule has 2 aromatic carbocycles. The molecular weight excluding hydrogens is 514 g/mol. The SMILES string of the molecule is CN=C(NCc1cc(OC)c(OC)c(OC)c1)NCC(c1cccc(F)c1)N(C)C.I. The molecule has 31 heavy (non-hydrogen) atoms. The van der Waals surface area contributed by atoms with E-state index < -0.39 is 0 Å². The van der Waals surface area contributed by atoms with E-state index in [0.29, 0.717) is 36.3 Å². The van der Waals surface area contributed by atoms with Crippen molar-refractivity contribution >= 4 is 29.9 Å². The van der Waals surface area contributed by atoms with Crippen LogP contribution in [-0.4, -0.2) is 59.9 Å². The third kappa shape index (κ3) is 7.42. The molecule has 7 nitrogen and oxygen atoms in total. The van der Waals surface area contributed by atoms with Crippen LogP contribution in [0.15, 0.2) is 41.4 Å². The van der Waals surface area contributed by atoms with E-state index in [1.54, 1.807) is 40.5 Å². The minimum atomic E-state index is -0.246. The number of nitrogens with zero attached hydrogens (tertiary/aromatic N) is 2. The van der Waals surface area contributed by atoms with Crippen molar-refractivity contribution in [1.82, 2.24) is 15.5 Å². The normalized spacial score (nSPS) is 12.1. The van der Waals surface area contributed by atoms with Gasteiger partial charge in [-0.15, -0.1) is 24.0 Å². The van der Waals surface area contributed by atoms with Crippen molar-refractivity contribution < 1.29 is 18.6 Å². The molecule has 0 aromatic heterocycles.